The minimum absolute atomic E-state index is 0.490. The lowest BCUT2D eigenvalue weighted by Crippen LogP contribution is -2.52. The summed E-state index contributed by atoms with van der Waals surface area (Å²) >= 11 is 0. The van der Waals surface area contributed by atoms with E-state index in [0.717, 1.165) is 25.8 Å². The molecule has 0 saturated heterocycles. The van der Waals surface area contributed by atoms with Gasteiger partial charge in [0.25, 0.3) is 0 Å². The van der Waals surface area contributed by atoms with Crippen molar-refractivity contribution in [3.05, 3.63) is 12.2 Å². The first-order valence-corrected chi connectivity index (χ1v) is 19.2. The second-order valence-corrected chi connectivity index (χ2v) is 14.4. The average molecular weight is 653 g/mol. The van der Waals surface area contributed by atoms with E-state index < -0.39 is 35.7 Å². The van der Waals surface area contributed by atoms with E-state index in [-0.39, 0.29) is 0 Å². The van der Waals surface area contributed by atoms with Crippen molar-refractivity contribution in [3.63, 3.8) is 0 Å². The summed E-state index contributed by atoms with van der Waals surface area (Å²) in [5.74, 6) is -3.96. The van der Waals surface area contributed by atoms with Gasteiger partial charge >= 0.3 is 17.9 Å². The average Bonchev–Trinajstić information content (AvgIpc) is 3.03. The standard InChI is InChI=1S/C39H73NO6/c1-5-6-7-8-9-10-11-12-13-14-15-16-17-18-19-20-21-22-23-24-25-26-30-40(31-27-34(2)37(41)42,32-28-35(3)38(43)44)33-29-36(4)39(45)46/h23-24,34-36H,5-22,25-33H2,1-4H3,(H2-,41,42,43,44,45,46)/p+1/b24-23+. The topological polar surface area (TPSA) is 112 Å². The van der Waals surface area contributed by atoms with Gasteiger partial charge in [0, 0.05) is 25.7 Å². The molecule has 0 aromatic rings. The molecule has 3 N–H and O–H groups in total. The molecular weight excluding hydrogens is 578 g/mol. The third kappa shape index (κ3) is 25.2. The van der Waals surface area contributed by atoms with E-state index in [1.54, 1.807) is 20.8 Å². The summed E-state index contributed by atoms with van der Waals surface area (Å²) < 4.78 is 0.583. The Bertz CT molecular complexity index is 738. The quantitative estimate of drug-likeness (QED) is 0.0362. The lowest BCUT2D eigenvalue weighted by molar-refractivity contribution is -0.929. The van der Waals surface area contributed by atoms with Crippen molar-refractivity contribution in [1.82, 2.24) is 0 Å². The summed E-state index contributed by atoms with van der Waals surface area (Å²) in [6.07, 6.45) is 32.4. The van der Waals surface area contributed by atoms with Gasteiger partial charge in [-0.2, -0.15) is 0 Å². The molecule has 0 fully saturated rings. The Kier molecular flexibility index (Phi) is 28.1. The number of carboxylic acid groups (broad SMARTS) is 3. The first-order chi connectivity index (χ1) is 22.0. The summed E-state index contributed by atoms with van der Waals surface area (Å²) in [6, 6.07) is 0. The Morgan fingerprint density at radius 2 is 0.739 bits per heavy atom. The van der Waals surface area contributed by atoms with Gasteiger partial charge in [0.1, 0.15) is 0 Å². The lowest BCUT2D eigenvalue weighted by atomic mass is 10.0. The van der Waals surface area contributed by atoms with Crippen LogP contribution in [-0.4, -0.2) is 63.9 Å². The van der Waals surface area contributed by atoms with Crippen molar-refractivity contribution in [2.45, 2.75) is 175 Å². The molecule has 0 aliphatic carbocycles. The molecule has 270 valence electrons. The normalized spacial score (nSPS) is 15.0. The molecule has 46 heavy (non-hydrogen) atoms. The number of rotatable bonds is 34. The fourth-order valence-corrected chi connectivity index (χ4v) is 6.21. The van der Waals surface area contributed by atoms with Crippen LogP contribution in [0.5, 0.6) is 0 Å². The van der Waals surface area contributed by atoms with E-state index in [4.69, 9.17) is 0 Å². The second kappa shape index (κ2) is 29.3. The number of nitrogens with zero attached hydrogens (tertiary/aromatic N) is 1. The fraction of sp³-hybridized carbons (Fsp3) is 0.872. The maximum Gasteiger partial charge on any atom is 0.306 e. The van der Waals surface area contributed by atoms with Crippen molar-refractivity contribution in [2.75, 3.05) is 26.2 Å². The van der Waals surface area contributed by atoms with Crippen LogP contribution in [0.3, 0.4) is 0 Å². The zero-order valence-electron chi connectivity index (χ0n) is 30.5. The molecule has 0 radical (unpaired) electrons. The van der Waals surface area contributed by atoms with Gasteiger partial charge < -0.3 is 19.8 Å². The number of unbranched alkanes of at least 4 members (excludes halogenated alkanes) is 18. The molecule has 0 bridgehead atoms. The van der Waals surface area contributed by atoms with Gasteiger partial charge in [0.05, 0.1) is 43.9 Å². The first kappa shape index (κ1) is 44.1. The first-order valence-electron chi connectivity index (χ1n) is 19.2. The summed E-state index contributed by atoms with van der Waals surface area (Å²) in [5, 5.41) is 28.4. The van der Waals surface area contributed by atoms with Crippen molar-refractivity contribution in [3.8, 4) is 0 Å². The Morgan fingerprint density at radius 3 is 1.04 bits per heavy atom. The van der Waals surface area contributed by atoms with E-state index in [1.165, 1.54) is 109 Å². The molecule has 0 aromatic heterocycles. The third-order valence-electron chi connectivity index (χ3n) is 10.0. The Hall–Kier alpha value is -1.89. The van der Waals surface area contributed by atoms with E-state index in [9.17, 15) is 29.7 Å². The van der Waals surface area contributed by atoms with Crippen LogP contribution in [0.25, 0.3) is 0 Å². The minimum atomic E-state index is -0.830. The zero-order valence-corrected chi connectivity index (χ0v) is 30.5. The van der Waals surface area contributed by atoms with E-state index in [0.29, 0.717) is 43.4 Å². The molecule has 7 nitrogen and oxygen atoms in total. The van der Waals surface area contributed by atoms with Crippen molar-refractivity contribution >= 4 is 17.9 Å². The van der Waals surface area contributed by atoms with Crippen molar-refractivity contribution < 1.29 is 34.2 Å². The molecule has 0 rings (SSSR count). The van der Waals surface area contributed by atoms with E-state index in [1.807, 2.05) is 0 Å². The summed E-state index contributed by atoms with van der Waals surface area (Å²) in [7, 11) is 0. The Labute approximate surface area is 283 Å². The molecule has 0 aliphatic heterocycles. The highest BCUT2D eigenvalue weighted by Crippen LogP contribution is 2.21. The van der Waals surface area contributed by atoms with Crippen LogP contribution in [0.15, 0.2) is 12.2 Å². The van der Waals surface area contributed by atoms with Crippen LogP contribution in [0, 0.1) is 17.8 Å². The van der Waals surface area contributed by atoms with Crippen molar-refractivity contribution in [1.29, 1.82) is 0 Å². The van der Waals surface area contributed by atoms with Crippen LogP contribution < -0.4 is 0 Å². The maximum atomic E-state index is 11.5. The van der Waals surface area contributed by atoms with Crippen LogP contribution in [0.1, 0.15) is 175 Å². The molecule has 0 amide bonds. The van der Waals surface area contributed by atoms with Crippen LogP contribution in [0.4, 0.5) is 0 Å². The largest absolute Gasteiger partial charge is 0.481 e. The predicted octanol–water partition coefficient (Wildman–Crippen LogP) is 10.5. The van der Waals surface area contributed by atoms with Crippen LogP contribution in [-0.2, 0) is 14.4 Å². The molecule has 3 atom stereocenters. The molecule has 0 spiro atoms. The van der Waals surface area contributed by atoms with Crippen molar-refractivity contribution in [2.24, 2.45) is 17.8 Å². The van der Waals surface area contributed by atoms with E-state index >= 15 is 0 Å². The number of carbonyl (C=O) groups is 3. The van der Waals surface area contributed by atoms with Gasteiger partial charge in [-0.05, 0) is 19.3 Å². The summed E-state index contributed by atoms with van der Waals surface area (Å²) in [5.41, 5.74) is 0. The number of aliphatic carboxylic acids is 3. The second-order valence-electron chi connectivity index (χ2n) is 14.4. The smallest absolute Gasteiger partial charge is 0.306 e. The van der Waals surface area contributed by atoms with E-state index in [2.05, 4.69) is 19.1 Å². The molecule has 0 heterocycles. The highest BCUT2D eigenvalue weighted by Gasteiger charge is 2.31. The lowest BCUT2D eigenvalue weighted by Gasteiger charge is -2.40. The number of allylic oxidation sites excluding steroid dienone is 2. The highest BCUT2D eigenvalue weighted by atomic mass is 16.4. The maximum absolute atomic E-state index is 11.5. The molecule has 0 aromatic carbocycles. The predicted molar refractivity (Wildman–Crippen MR) is 191 cm³/mol. The van der Waals surface area contributed by atoms with Gasteiger partial charge in [-0.25, -0.2) is 0 Å². The molecule has 3 unspecified atom stereocenters. The van der Waals surface area contributed by atoms with Crippen LogP contribution in [0.2, 0.25) is 0 Å². The van der Waals surface area contributed by atoms with Crippen LogP contribution >= 0.6 is 0 Å². The SMILES string of the molecule is CCCCCCCCCCCCCCCCCCC/C=C/CCC[N+](CCC(C)C(=O)O)(CCC(C)C(=O)O)CCC(C)C(=O)O. The monoisotopic (exact) mass is 653 g/mol. The van der Waals surface area contributed by atoms with Gasteiger partial charge in [-0.15, -0.1) is 0 Å². The number of carboxylic acids is 3. The number of hydrogen-bond donors (Lipinski definition) is 3. The fourth-order valence-electron chi connectivity index (χ4n) is 6.21. The van der Waals surface area contributed by atoms with Gasteiger partial charge in [0.15, 0.2) is 0 Å². The molecule has 7 heteroatoms. The van der Waals surface area contributed by atoms with Gasteiger partial charge in [-0.1, -0.05) is 143 Å². The Morgan fingerprint density at radius 1 is 0.457 bits per heavy atom. The number of quaternary nitrogens is 1. The highest BCUT2D eigenvalue weighted by molar-refractivity contribution is 5.70. The minimum Gasteiger partial charge on any atom is -0.481 e. The molecular formula is C39H74NO6+. The third-order valence-corrected chi connectivity index (χ3v) is 10.0. The zero-order chi connectivity index (χ0) is 34.5. The molecule has 0 saturated carbocycles. The Balaban J connectivity index is 4.34. The van der Waals surface area contributed by atoms with Gasteiger partial charge in [-0.3, -0.25) is 14.4 Å². The summed E-state index contributed by atoms with van der Waals surface area (Å²) in [4.78, 5) is 34.6. The number of hydrogen-bond acceptors (Lipinski definition) is 3. The van der Waals surface area contributed by atoms with Gasteiger partial charge in [0.2, 0.25) is 0 Å². The summed E-state index contributed by atoms with van der Waals surface area (Å²) in [6.45, 7) is 10.1. The molecule has 0 aliphatic rings.